The molecular formula is C39H59NO6. The van der Waals surface area contributed by atoms with E-state index in [9.17, 15) is 19.5 Å². The molecule has 0 aromatic rings. The molecule has 2 N–H and O–H groups in total. The molecule has 0 aromatic carbocycles. The molecule has 6 aliphatic carbocycles. The van der Waals surface area contributed by atoms with Gasteiger partial charge in [-0.2, -0.15) is 0 Å². The number of fused-ring (bicyclic) bond motifs is 7. The van der Waals surface area contributed by atoms with Crippen LogP contribution < -0.4 is 5.32 Å². The summed E-state index contributed by atoms with van der Waals surface area (Å²) in [6, 6.07) is -0.179. The number of hydrogen-bond donors (Lipinski definition) is 2. The summed E-state index contributed by atoms with van der Waals surface area (Å²) >= 11 is 0. The second-order valence-electron chi connectivity index (χ2n) is 18.3. The Morgan fingerprint density at radius 3 is 2.28 bits per heavy atom. The number of ether oxygens (including phenoxy) is 2. The van der Waals surface area contributed by atoms with Crippen molar-refractivity contribution in [2.45, 2.75) is 150 Å². The molecule has 10 atom stereocenters. The highest BCUT2D eigenvalue weighted by Gasteiger charge is 2.72. The Balaban J connectivity index is 1.30. The Morgan fingerprint density at radius 1 is 0.913 bits per heavy atom. The summed E-state index contributed by atoms with van der Waals surface area (Å²) in [5, 5.41) is 14.0. The molecule has 7 nitrogen and oxygen atoms in total. The van der Waals surface area contributed by atoms with Gasteiger partial charge < -0.3 is 19.9 Å². The molecule has 4 saturated carbocycles. The van der Waals surface area contributed by atoms with Crippen molar-refractivity contribution in [3.8, 4) is 0 Å². The Bertz CT molecular complexity index is 1330. The van der Waals surface area contributed by atoms with Gasteiger partial charge >= 0.3 is 12.1 Å². The lowest BCUT2D eigenvalue weighted by Crippen LogP contribution is -2.66. The van der Waals surface area contributed by atoms with Gasteiger partial charge in [-0.25, -0.2) is 4.79 Å². The first-order valence-electron chi connectivity index (χ1n) is 18.1. The summed E-state index contributed by atoms with van der Waals surface area (Å²) < 4.78 is 11.0. The van der Waals surface area contributed by atoms with Crippen LogP contribution in [-0.4, -0.2) is 41.4 Å². The standard InChI is InChI=1S/C39H59NO6/c1-34(2,3)46-33(44)40-28-16-20-39(32(42)43)22-21-37(7)27(31(28)39)13-14-30-36(6)18-15-26(24-9-11-25(12-10-24)45-23-41)35(4,5)29(36)17-19-38(30,37)8/h9,15,23,25,27-31H,10-14,16-22H2,1-8H3,(H,40,44)(H,42,43)/t25?,27-,28-,29+,30-,31+,36+,37-,38-,39+/m1/s1. The van der Waals surface area contributed by atoms with E-state index in [-0.39, 0.29) is 45.6 Å². The molecule has 46 heavy (non-hydrogen) atoms. The lowest BCUT2D eigenvalue weighted by atomic mass is 9.32. The third-order valence-electron chi connectivity index (χ3n) is 15.1. The number of alkyl carbamates (subject to hydrolysis) is 1. The van der Waals surface area contributed by atoms with Crippen molar-refractivity contribution in [2.75, 3.05) is 0 Å². The molecule has 0 heterocycles. The summed E-state index contributed by atoms with van der Waals surface area (Å²) in [4.78, 5) is 37.0. The molecule has 0 saturated heterocycles. The van der Waals surface area contributed by atoms with Crippen molar-refractivity contribution in [1.29, 1.82) is 0 Å². The number of carbonyl (C=O) groups is 3. The van der Waals surface area contributed by atoms with E-state index in [1.165, 1.54) is 17.6 Å². The van der Waals surface area contributed by atoms with Crippen LogP contribution in [0.2, 0.25) is 0 Å². The van der Waals surface area contributed by atoms with Crippen molar-refractivity contribution in [2.24, 2.45) is 50.7 Å². The van der Waals surface area contributed by atoms with E-state index < -0.39 is 23.1 Å². The van der Waals surface area contributed by atoms with Crippen molar-refractivity contribution in [3.63, 3.8) is 0 Å². The zero-order valence-electron chi connectivity index (χ0n) is 29.7. The number of carboxylic acid groups (broad SMARTS) is 1. The third-order valence-corrected chi connectivity index (χ3v) is 15.1. The molecule has 6 rings (SSSR count). The largest absolute Gasteiger partial charge is 0.481 e. The van der Waals surface area contributed by atoms with Crippen LogP contribution >= 0.6 is 0 Å². The van der Waals surface area contributed by atoms with E-state index in [2.05, 4.69) is 52.1 Å². The molecule has 7 heteroatoms. The smallest absolute Gasteiger partial charge is 0.407 e. The van der Waals surface area contributed by atoms with E-state index in [0.717, 1.165) is 51.4 Å². The molecule has 4 fully saturated rings. The molecule has 6 aliphatic rings. The van der Waals surface area contributed by atoms with Gasteiger partial charge in [-0.05, 0) is 148 Å². The van der Waals surface area contributed by atoms with Crippen molar-refractivity contribution >= 4 is 18.5 Å². The number of hydrogen-bond acceptors (Lipinski definition) is 5. The quantitative estimate of drug-likeness (QED) is 0.293. The van der Waals surface area contributed by atoms with E-state index in [0.29, 0.717) is 37.6 Å². The van der Waals surface area contributed by atoms with Gasteiger partial charge in [-0.15, -0.1) is 0 Å². The fourth-order valence-corrected chi connectivity index (χ4v) is 13.0. The highest BCUT2D eigenvalue weighted by Crippen LogP contribution is 2.77. The second kappa shape index (κ2) is 11.1. The molecule has 1 unspecified atom stereocenters. The summed E-state index contributed by atoms with van der Waals surface area (Å²) in [5.41, 5.74) is 1.89. The van der Waals surface area contributed by atoms with Crippen molar-refractivity contribution in [3.05, 3.63) is 23.3 Å². The van der Waals surface area contributed by atoms with Crippen LogP contribution in [0.15, 0.2) is 23.3 Å². The second-order valence-corrected chi connectivity index (χ2v) is 18.3. The summed E-state index contributed by atoms with van der Waals surface area (Å²) in [6.07, 6.45) is 15.6. The fraction of sp³-hybridized carbons (Fsp3) is 0.821. The Morgan fingerprint density at radius 2 is 1.65 bits per heavy atom. The topological polar surface area (TPSA) is 102 Å². The van der Waals surface area contributed by atoms with E-state index in [1.54, 1.807) is 0 Å². The Kier molecular flexibility index (Phi) is 8.12. The number of aliphatic carboxylic acids is 1. The van der Waals surface area contributed by atoms with Gasteiger partial charge in [0.1, 0.15) is 11.7 Å². The van der Waals surface area contributed by atoms with Crippen LogP contribution in [0.3, 0.4) is 0 Å². The maximum atomic E-state index is 13.1. The van der Waals surface area contributed by atoms with E-state index in [4.69, 9.17) is 9.47 Å². The Labute approximate surface area is 276 Å². The average molecular weight is 638 g/mol. The van der Waals surface area contributed by atoms with Gasteiger partial charge in [0.2, 0.25) is 0 Å². The van der Waals surface area contributed by atoms with Crippen LogP contribution in [0.4, 0.5) is 4.79 Å². The van der Waals surface area contributed by atoms with Gasteiger partial charge in [0.15, 0.2) is 0 Å². The first-order chi connectivity index (χ1) is 21.4. The monoisotopic (exact) mass is 637 g/mol. The molecule has 0 aliphatic heterocycles. The fourth-order valence-electron chi connectivity index (χ4n) is 13.0. The molecule has 0 spiro atoms. The molecule has 1 amide bonds. The lowest BCUT2D eigenvalue weighted by Gasteiger charge is -2.72. The highest BCUT2D eigenvalue weighted by molar-refractivity contribution is 5.77. The average Bonchev–Trinajstić information content (AvgIpc) is 3.32. The minimum absolute atomic E-state index is 0.000654. The normalized spacial score (nSPS) is 44.6. The molecule has 0 bridgehead atoms. The third kappa shape index (κ3) is 4.90. The van der Waals surface area contributed by atoms with Gasteiger partial charge in [-0.1, -0.05) is 46.8 Å². The van der Waals surface area contributed by atoms with Gasteiger partial charge in [0.25, 0.3) is 6.47 Å². The first-order valence-corrected chi connectivity index (χ1v) is 18.1. The van der Waals surface area contributed by atoms with Gasteiger partial charge in [0, 0.05) is 12.5 Å². The van der Waals surface area contributed by atoms with Crippen LogP contribution in [0.5, 0.6) is 0 Å². The number of carboxylic acids is 1. The molecule has 0 aromatic heterocycles. The van der Waals surface area contributed by atoms with Crippen molar-refractivity contribution < 1.29 is 29.0 Å². The predicted molar refractivity (Wildman–Crippen MR) is 178 cm³/mol. The molecular weight excluding hydrogens is 578 g/mol. The first kappa shape index (κ1) is 33.6. The number of allylic oxidation sites excluding steroid dienone is 3. The summed E-state index contributed by atoms with van der Waals surface area (Å²) in [7, 11) is 0. The van der Waals surface area contributed by atoms with Crippen LogP contribution in [-0.2, 0) is 19.1 Å². The minimum atomic E-state index is -0.776. The molecule has 256 valence electrons. The van der Waals surface area contributed by atoms with Crippen LogP contribution in [0.25, 0.3) is 0 Å². The Hall–Kier alpha value is -2.31. The van der Waals surface area contributed by atoms with Gasteiger partial charge in [-0.3, -0.25) is 9.59 Å². The summed E-state index contributed by atoms with van der Waals surface area (Å²) in [5.74, 6) is 0.609. The van der Waals surface area contributed by atoms with Crippen LogP contribution in [0.1, 0.15) is 132 Å². The number of rotatable bonds is 5. The van der Waals surface area contributed by atoms with Crippen LogP contribution in [0, 0.1) is 50.7 Å². The lowest BCUT2D eigenvalue weighted by molar-refractivity contribution is -0.228. The SMILES string of the molecule is CC(C)(C)OC(=O)N[C@@H]1CC[C@]2(C(=O)O)CC[C@]3(C)[C@H](CC[C@@H]4[C@@]5(C)CC=C(C6=CCC(OC=O)CC6)C(C)(C)[C@@H]5CC[C@]43C)[C@@H]12. The van der Waals surface area contributed by atoms with Crippen molar-refractivity contribution in [1.82, 2.24) is 5.32 Å². The maximum absolute atomic E-state index is 13.1. The number of amides is 1. The van der Waals surface area contributed by atoms with E-state index in [1.807, 2.05) is 20.8 Å². The maximum Gasteiger partial charge on any atom is 0.407 e. The highest BCUT2D eigenvalue weighted by atomic mass is 16.6. The minimum Gasteiger partial charge on any atom is -0.481 e. The number of nitrogens with one attached hydrogen (secondary N) is 1. The van der Waals surface area contributed by atoms with Gasteiger partial charge in [0.05, 0.1) is 5.41 Å². The van der Waals surface area contributed by atoms with E-state index >= 15 is 0 Å². The predicted octanol–water partition coefficient (Wildman–Crippen LogP) is 8.62. The number of carbonyl (C=O) groups excluding carboxylic acids is 2. The zero-order chi connectivity index (χ0) is 33.5. The zero-order valence-corrected chi connectivity index (χ0v) is 29.7. The summed E-state index contributed by atoms with van der Waals surface area (Å²) in [6.45, 7) is 18.8. The molecule has 0 radical (unpaired) electrons.